The fourth-order valence-electron chi connectivity index (χ4n) is 8.06. The maximum Gasteiger partial charge on any atom is 0.0540 e. The van der Waals surface area contributed by atoms with Crippen molar-refractivity contribution in [3.63, 3.8) is 0 Å². The van der Waals surface area contributed by atoms with Crippen molar-refractivity contribution >= 4 is 60.2 Å². The number of hydrogen-bond donors (Lipinski definition) is 0. The molecule has 0 unspecified atom stereocenters. The highest BCUT2D eigenvalue weighted by molar-refractivity contribution is 6.14. The summed E-state index contributed by atoms with van der Waals surface area (Å²) in [4.78, 5) is 2.42. The average molecular weight is 674 g/mol. The van der Waals surface area contributed by atoms with Crippen LogP contribution in [0.3, 0.4) is 0 Å². The van der Waals surface area contributed by atoms with E-state index in [1.54, 1.807) is 0 Å². The Morgan fingerprint density at radius 1 is 0.245 bits per heavy atom. The third-order valence-corrected chi connectivity index (χ3v) is 10.6. The van der Waals surface area contributed by atoms with Crippen molar-refractivity contribution in [1.82, 2.24) is 0 Å². The second-order valence-electron chi connectivity index (χ2n) is 13.7. The van der Waals surface area contributed by atoms with Crippen LogP contribution in [0.5, 0.6) is 0 Å². The zero-order chi connectivity index (χ0) is 35.1. The van der Waals surface area contributed by atoms with Crippen molar-refractivity contribution in [1.29, 1.82) is 0 Å². The molecule has 0 bridgehead atoms. The SMILES string of the molecule is c1ccc(-c2cccc3c(N(c4ccc(-c5ccc6ccccc6c5)cc4)c4cccc(-c5cc6ccccc6c6ccccc56)c4)cccc23)cc1. The summed E-state index contributed by atoms with van der Waals surface area (Å²) in [5, 5.41) is 9.99. The van der Waals surface area contributed by atoms with Crippen LogP contribution in [-0.4, -0.2) is 0 Å². The maximum absolute atomic E-state index is 2.42. The smallest absolute Gasteiger partial charge is 0.0540 e. The molecule has 0 spiro atoms. The van der Waals surface area contributed by atoms with E-state index in [9.17, 15) is 0 Å². The Morgan fingerprint density at radius 3 is 1.70 bits per heavy atom. The molecule has 0 aliphatic heterocycles. The molecule has 0 amide bonds. The fourth-order valence-corrected chi connectivity index (χ4v) is 8.06. The van der Waals surface area contributed by atoms with Crippen LogP contribution in [0.4, 0.5) is 17.1 Å². The molecule has 0 aliphatic rings. The molecule has 1 heteroatoms. The van der Waals surface area contributed by atoms with Gasteiger partial charge in [0.15, 0.2) is 0 Å². The second kappa shape index (κ2) is 13.0. The molecule has 10 rings (SSSR count). The van der Waals surface area contributed by atoms with E-state index >= 15 is 0 Å². The van der Waals surface area contributed by atoms with E-state index in [2.05, 4.69) is 217 Å². The standard InChI is InChI=1S/C52H35N/c1-2-14-38(15-3-1)45-23-11-25-50-48(45)24-12-26-52(50)53(43-31-29-37(30-32-43)40-28-27-36-13-4-5-16-39(36)33-40)44-19-10-18-41(34-44)51-35-42-17-6-7-20-46(42)47-21-8-9-22-49(47)51/h1-35H. The van der Waals surface area contributed by atoms with E-state index in [-0.39, 0.29) is 0 Å². The monoisotopic (exact) mass is 673 g/mol. The molecule has 10 aromatic carbocycles. The molecule has 0 fully saturated rings. The summed E-state index contributed by atoms with van der Waals surface area (Å²) in [5.74, 6) is 0. The van der Waals surface area contributed by atoms with Gasteiger partial charge in [-0.05, 0) is 114 Å². The first-order chi connectivity index (χ1) is 26.3. The van der Waals surface area contributed by atoms with E-state index in [0.29, 0.717) is 0 Å². The van der Waals surface area contributed by atoms with Gasteiger partial charge in [0.1, 0.15) is 0 Å². The molecule has 0 heterocycles. The van der Waals surface area contributed by atoms with Gasteiger partial charge < -0.3 is 4.90 Å². The Hall–Kier alpha value is -6.96. The van der Waals surface area contributed by atoms with E-state index in [1.807, 2.05) is 0 Å². The highest BCUT2D eigenvalue weighted by Crippen LogP contribution is 2.44. The molecule has 0 radical (unpaired) electrons. The van der Waals surface area contributed by atoms with Gasteiger partial charge in [-0.2, -0.15) is 0 Å². The summed E-state index contributed by atoms with van der Waals surface area (Å²) in [6.45, 7) is 0. The second-order valence-corrected chi connectivity index (χ2v) is 13.7. The van der Waals surface area contributed by atoms with Gasteiger partial charge in [0.05, 0.1) is 5.69 Å². The first kappa shape index (κ1) is 30.8. The van der Waals surface area contributed by atoms with E-state index in [4.69, 9.17) is 0 Å². The number of fused-ring (bicyclic) bond motifs is 5. The van der Waals surface area contributed by atoms with Crippen molar-refractivity contribution < 1.29 is 0 Å². The largest absolute Gasteiger partial charge is 0.310 e. The van der Waals surface area contributed by atoms with Crippen LogP contribution in [-0.2, 0) is 0 Å². The van der Waals surface area contributed by atoms with Gasteiger partial charge >= 0.3 is 0 Å². The lowest BCUT2D eigenvalue weighted by Gasteiger charge is -2.28. The maximum atomic E-state index is 2.42. The molecular formula is C52H35N. The molecule has 0 saturated carbocycles. The molecule has 248 valence electrons. The lowest BCUT2D eigenvalue weighted by molar-refractivity contribution is 1.30. The Bertz CT molecular complexity index is 2940. The average Bonchev–Trinajstić information content (AvgIpc) is 3.24. The highest BCUT2D eigenvalue weighted by Gasteiger charge is 2.18. The van der Waals surface area contributed by atoms with Gasteiger partial charge in [0.2, 0.25) is 0 Å². The van der Waals surface area contributed by atoms with Crippen molar-refractivity contribution in [3.05, 3.63) is 212 Å². The van der Waals surface area contributed by atoms with Crippen LogP contribution in [0.25, 0.3) is 76.5 Å². The normalized spacial score (nSPS) is 11.4. The Morgan fingerprint density at radius 2 is 0.849 bits per heavy atom. The van der Waals surface area contributed by atoms with Crippen LogP contribution >= 0.6 is 0 Å². The minimum atomic E-state index is 1.10. The van der Waals surface area contributed by atoms with Gasteiger partial charge in [-0.3, -0.25) is 0 Å². The Labute approximate surface area is 309 Å². The van der Waals surface area contributed by atoms with E-state index < -0.39 is 0 Å². The summed E-state index contributed by atoms with van der Waals surface area (Å²) in [5.41, 5.74) is 10.6. The molecule has 0 saturated heterocycles. The van der Waals surface area contributed by atoms with Gasteiger partial charge in [0.25, 0.3) is 0 Å². The molecule has 0 N–H and O–H groups in total. The zero-order valence-corrected chi connectivity index (χ0v) is 29.2. The highest BCUT2D eigenvalue weighted by atomic mass is 15.1. The van der Waals surface area contributed by atoms with E-state index in [1.165, 1.54) is 76.5 Å². The molecule has 53 heavy (non-hydrogen) atoms. The van der Waals surface area contributed by atoms with Crippen molar-refractivity contribution in [2.45, 2.75) is 0 Å². The number of anilines is 3. The lowest BCUT2D eigenvalue weighted by atomic mass is 9.93. The number of rotatable bonds is 6. The molecule has 1 nitrogen and oxygen atoms in total. The van der Waals surface area contributed by atoms with Crippen LogP contribution < -0.4 is 4.90 Å². The van der Waals surface area contributed by atoms with Gasteiger partial charge in [0, 0.05) is 16.8 Å². The molecule has 10 aromatic rings. The van der Waals surface area contributed by atoms with Gasteiger partial charge in [-0.25, -0.2) is 0 Å². The summed E-state index contributed by atoms with van der Waals surface area (Å²) in [6.07, 6.45) is 0. The topological polar surface area (TPSA) is 3.24 Å². The lowest BCUT2D eigenvalue weighted by Crippen LogP contribution is -2.10. The van der Waals surface area contributed by atoms with Gasteiger partial charge in [-0.15, -0.1) is 0 Å². The van der Waals surface area contributed by atoms with Crippen molar-refractivity contribution in [3.8, 4) is 33.4 Å². The van der Waals surface area contributed by atoms with Gasteiger partial charge in [-0.1, -0.05) is 170 Å². The first-order valence-corrected chi connectivity index (χ1v) is 18.3. The molecule has 0 atom stereocenters. The first-order valence-electron chi connectivity index (χ1n) is 18.3. The molecular weight excluding hydrogens is 639 g/mol. The minimum Gasteiger partial charge on any atom is -0.310 e. The molecule has 0 aliphatic carbocycles. The quantitative estimate of drug-likeness (QED) is 0.159. The number of nitrogens with zero attached hydrogens (tertiary/aromatic N) is 1. The van der Waals surface area contributed by atoms with Crippen LogP contribution in [0, 0.1) is 0 Å². The molecule has 0 aromatic heterocycles. The summed E-state index contributed by atoms with van der Waals surface area (Å²) in [7, 11) is 0. The third-order valence-electron chi connectivity index (χ3n) is 10.6. The predicted molar refractivity (Wildman–Crippen MR) is 227 cm³/mol. The van der Waals surface area contributed by atoms with Crippen LogP contribution in [0.15, 0.2) is 212 Å². The third kappa shape index (κ3) is 5.51. The van der Waals surface area contributed by atoms with E-state index in [0.717, 1.165) is 17.1 Å². The van der Waals surface area contributed by atoms with Crippen LogP contribution in [0.1, 0.15) is 0 Å². The number of benzene rings is 10. The summed E-state index contributed by atoms with van der Waals surface area (Å²) >= 11 is 0. The predicted octanol–water partition coefficient (Wildman–Crippen LogP) is 14.8. The van der Waals surface area contributed by atoms with Crippen molar-refractivity contribution in [2.75, 3.05) is 4.90 Å². The minimum absolute atomic E-state index is 1.10. The fraction of sp³-hybridized carbons (Fsp3) is 0. The summed E-state index contributed by atoms with van der Waals surface area (Å²) in [6, 6.07) is 77.3. The Balaban J connectivity index is 1.16. The van der Waals surface area contributed by atoms with Crippen LogP contribution in [0.2, 0.25) is 0 Å². The summed E-state index contributed by atoms with van der Waals surface area (Å²) < 4.78 is 0. The Kier molecular flexibility index (Phi) is 7.55. The zero-order valence-electron chi connectivity index (χ0n) is 29.2. The number of hydrogen-bond acceptors (Lipinski definition) is 1. The van der Waals surface area contributed by atoms with Crippen molar-refractivity contribution in [2.24, 2.45) is 0 Å².